The number of hydrogen-bond acceptors (Lipinski definition) is 9. The van der Waals surface area contributed by atoms with Crippen LogP contribution in [0.5, 0.6) is 0 Å². The summed E-state index contributed by atoms with van der Waals surface area (Å²) in [5.74, 6) is 0. The first-order valence-electron chi connectivity index (χ1n) is 12.4. The molecule has 0 saturated heterocycles. The Morgan fingerprint density at radius 1 is 0.667 bits per heavy atom. The van der Waals surface area contributed by atoms with Crippen LogP contribution in [0.25, 0.3) is 0 Å². The number of hydrazine groups is 2. The van der Waals surface area contributed by atoms with Crippen LogP contribution in [-0.2, 0) is 14.4 Å². The molecule has 0 amide bonds. The van der Waals surface area contributed by atoms with E-state index in [-0.39, 0.29) is 0 Å². The SMILES string of the molecule is O=C=NCCCCCCC1=CN(CCCCCCN=C=O)NN(CCCCCCN=C=O)C1. The highest BCUT2D eigenvalue weighted by atomic mass is 16.1. The molecule has 33 heavy (non-hydrogen) atoms. The maximum absolute atomic E-state index is 10.1. The second-order valence-corrected chi connectivity index (χ2v) is 8.41. The molecule has 0 atom stereocenters. The quantitative estimate of drug-likeness (QED) is 0.158. The van der Waals surface area contributed by atoms with Crippen molar-refractivity contribution in [3.63, 3.8) is 0 Å². The summed E-state index contributed by atoms with van der Waals surface area (Å²) in [5, 5.41) is 4.51. The summed E-state index contributed by atoms with van der Waals surface area (Å²) in [6.45, 7) is 4.61. The Hall–Kier alpha value is -2.40. The zero-order valence-corrected chi connectivity index (χ0v) is 20.0. The van der Waals surface area contributed by atoms with Crippen molar-refractivity contribution in [2.75, 3.05) is 39.3 Å². The van der Waals surface area contributed by atoms with Gasteiger partial charge in [0.05, 0.1) is 19.6 Å². The van der Waals surface area contributed by atoms with Crippen LogP contribution >= 0.6 is 0 Å². The van der Waals surface area contributed by atoms with E-state index < -0.39 is 0 Å². The Bertz CT molecular complexity index is 680. The van der Waals surface area contributed by atoms with E-state index in [4.69, 9.17) is 0 Å². The minimum atomic E-state index is 0.576. The normalized spacial score (nSPS) is 13.6. The first-order valence-corrected chi connectivity index (χ1v) is 12.4. The van der Waals surface area contributed by atoms with Gasteiger partial charge in [-0.25, -0.2) is 34.4 Å². The average Bonchev–Trinajstić information content (AvgIpc) is 2.82. The molecule has 184 valence electrons. The number of nitrogens with zero attached hydrogens (tertiary/aromatic N) is 5. The molecule has 0 saturated carbocycles. The Morgan fingerprint density at radius 3 is 1.70 bits per heavy atom. The molecule has 0 radical (unpaired) electrons. The van der Waals surface area contributed by atoms with E-state index >= 15 is 0 Å². The van der Waals surface area contributed by atoms with Crippen LogP contribution in [0.4, 0.5) is 0 Å². The molecule has 1 aliphatic heterocycles. The average molecular weight is 461 g/mol. The highest BCUT2D eigenvalue weighted by molar-refractivity contribution is 5.33. The summed E-state index contributed by atoms with van der Waals surface area (Å²) < 4.78 is 0. The fourth-order valence-corrected chi connectivity index (χ4v) is 3.85. The predicted octanol–water partition coefficient (Wildman–Crippen LogP) is 3.99. The zero-order valence-electron chi connectivity index (χ0n) is 20.0. The van der Waals surface area contributed by atoms with Gasteiger partial charge in [-0.15, -0.1) is 0 Å². The van der Waals surface area contributed by atoms with Crippen LogP contribution in [0.1, 0.15) is 83.5 Å². The molecule has 9 nitrogen and oxygen atoms in total. The monoisotopic (exact) mass is 460 g/mol. The minimum absolute atomic E-state index is 0.576. The minimum Gasteiger partial charge on any atom is -0.302 e. The highest BCUT2D eigenvalue weighted by Crippen LogP contribution is 2.17. The van der Waals surface area contributed by atoms with Crippen molar-refractivity contribution >= 4 is 18.2 Å². The lowest BCUT2D eigenvalue weighted by Gasteiger charge is -2.36. The molecule has 0 bridgehead atoms. The molecule has 0 aliphatic carbocycles. The van der Waals surface area contributed by atoms with Gasteiger partial charge in [-0.3, -0.25) is 0 Å². The van der Waals surface area contributed by atoms with Crippen LogP contribution in [0.15, 0.2) is 26.8 Å². The first-order chi connectivity index (χ1) is 16.3. The van der Waals surface area contributed by atoms with Gasteiger partial charge in [0.1, 0.15) is 0 Å². The van der Waals surface area contributed by atoms with Crippen molar-refractivity contribution in [2.24, 2.45) is 15.0 Å². The second-order valence-electron chi connectivity index (χ2n) is 8.41. The van der Waals surface area contributed by atoms with Crippen molar-refractivity contribution in [3.05, 3.63) is 11.8 Å². The second kappa shape index (κ2) is 21.4. The highest BCUT2D eigenvalue weighted by Gasteiger charge is 2.16. The van der Waals surface area contributed by atoms with Crippen molar-refractivity contribution in [1.82, 2.24) is 15.6 Å². The lowest BCUT2D eigenvalue weighted by Crippen LogP contribution is -2.52. The topological polar surface area (TPSA) is 107 Å². The first kappa shape index (κ1) is 28.6. The van der Waals surface area contributed by atoms with Gasteiger partial charge < -0.3 is 5.01 Å². The van der Waals surface area contributed by atoms with Gasteiger partial charge in [0, 0.05) is 25.8 Å². The molecule has 0 aromatic rings. The van der Waals surface area contributed by atoms with Gasteiger partial charge in [0.25, 0.3) is 0 Å². The molecular formula is C24H40N6O3. The Kier molecular flexibility index (Phi) is 18.6. The Balaban J connectivity index is 2.38. The largest absolute Gasteiger partial charge is 0.302 e. The van der Waals surface area contributed by atoms with Crippen molar-refractivity contribution in [2.45, 2.75) is 83.5 Å². The summed E-state index contributed by atoms with van der Waals surface area (Å²) in [7, 11) is 0. The summed E-state index contributed by atoms with van der Waals surface area (Å²) in [4.78, 5) is 41.2. The maximum Gasteiger partial charge on any atom is 0.234 e. The third kappa shape index (κ3) is 16.8. The van der Waals surface area contributed by atoms with E-state index in [1.807, 2.05) is 0 Å². The standard InChI is InChI=1S/C24H40N6O3/c31-21-25-14-8-2-1-7-13-24-19-29(17-11-5-3-9-15-26-22-32)28-30(20-24)18-12-6-4-10-16-27-23-33/h19,28H,1-18,20H2. The van der Waals surface area contributed by atoms with Gasteiger partial charge in [-0.2, -0.15) is 5.53 Å². The Labute approximate surface area is 198 Å². The van der Waals surface area contributed by atoms with E-state index in [1.165, 1.54) is 5.57 Å². The number of nitrogens with one attached hydrogen (secondary N) is 1. The fraction of sp³-hybridized carbons (Fsp3) is 0.792. The van der Waals surface area contributed by atoms with Crippen LogP contribution in [-0.4, -0.2) is 67.5 Å². The van der Waals surface area contributed by atoms with Crippen molar-refractivity contribution < 1.29 is 14.4 Å². The summed E-state index contributed by atoms with van der Waals surface area (Å²) in [6, 6.07) is 0. The lowest BCUT2D eigenvalue weighted by molar-refractivity contribution is 0.0454. The van der Waals surface area contributed by atoms with Crippen molar-refractivity contribution in [3.8, 4) is 0 Å². The van der Waals surface area contributed by atoms with Crippen LogP contribution in [0, 0.1) is 0 Å². The third-order valence-electron chi connectivity index (χ3n) is 5.58. The van der Waals surface area contributed by atoms with Crippen LogP contribution in [0.2, 0.25) is 0 Å². The molecule has 0 unspecified atom stereocenters. The third-order valence-corrected chi connectivity index (χ3v) is 5.58. The summed E-state index contributed by atoms with van der Waals surface area (Å²) in [6.07, 6.45) is 20.9. The van der Waals surface area contributed by atoms with Crippen molar-refractivity contribution in [1.29, 1.82) is 0 Å². The van der Waals surface area contributed by atoms with Gasteiger partial charge in [-0.1, -0.05) is 38.5 Å². The molecule has 1 heterocycles. The fourth-order valence-electron chi connectivity index (χ4n) is 3.85. The predicted molar refractivity (Wildman–Crippen MR) is 128 cm³/mol. The van der Waals surface area contributed by atoms with E-state index in [9.17, 15) is 14.4 Å². The molecule has 0 spiro atoms. The number of aliphatic imine (C=N–C) groups is 3. The summed E-state index contributed by atoms with van der Waals surface area (Å²) >= 11 is 0. The van der Waals surface area contributed by atoms with E-state index in [2.05, 4.69) is 36.7 Å². The molecule has 1 aliphatic rings. The van der Waals surface area contributed by atoms with Gasteiger partial charge >= 0.3 is 0 Å². The van der Waals surface area contributed by atoms with Crippen LogP contribution < -0.4 is 5.53 Å². The smallest absolute Gasteiger partial charge is 0.234 e. The Morgan fingerprint density at radius 2 is 1.15 bits per heavy atom. The molecule has 0 fully saturated rings. The van der Waals surface area contributed by atoms with Gasteiger partial charge in [0.2, 0.25) is 18.2 Å². The van der Waals surface area contributed by atoms with E-state index in [0.717, 1.165) is 103 Å². The van der Waals surface area contributed by atoms with E-state index in [0.29, 0.717) is 19.6 Å². The van der Waals surface area contributed by atoms with Gasteiger partial charge in [0.15, 0.2) is 0 Å². The summed E-state index contributed by atoms with van der Waals surface area (Å²) in [5.41, 5.74) is 4.98. The molecular weight excluding hydrogens is 420 g/mol. The number of unbranched alkanes of at least 4 members (excludes halogenated alkanes) is 9. The number of isocyanates is 3. The molecule has 1 N–H and O–H groups in total. The molecule has 0 aromatic carbocycles. The zero-order chi connectivity index (χ0) is 23.8. The number of rotatable bonds is 21. The molecule has 1 rings (SSSR count). The molecule has 0 aromatic heterocycles. The number of hydrogen-bond donors (Lipinski definition) is 1. The maximum atomic E-state index is 10.1. The molecule has 9 heteroatoms. The lowest BCUT2D eigenvalue weighted by atomic mass is 10.1. The van der Waals surface area contributed by atoms with Gasteiger partial charge in [-0.05, 0) is 50.5 Å². The van der Waals surface area contributed by atoms with E-state index in [1.54, 1.807) is 18.2 Å². The number of carbonyl (C=O) groups excluding carboxylic acids is 3. The van der Waals surface area contributed by atoms with Crippen LogP contribution in [0.3, 0.4) is 0 Å².